The maximum atomic E-state index is 13.0. The molecule has 1 aliphatic rings. The van der Waals surface area contributed by atoms with Crippen LogP contribution in [0.3, 0.4) is 0 Å². The molecule has 1 aliphatic heterocycles. The normalized spacial score (nSPS) is 15.3. The van der Waals surface area contributed by atoms with Gasteiger partial charge >= 0.3 is 0 Å². The molecule has 0 unspecified atom stereocenters. The van der Waals surface area contributed by atoms with E-state index in [2.05, 4.69) is 29.6 Å². The van der Waals surface area contributed by atoms with E-state index in [1.54, 1.807) is 12.1 Å². The van der Waals surface area contributed by atoms with E-state index in [4.69, 9.17) is 0 Å². The third kappa shape index (κ3) is 4.52. The molecule has 7 heteroatoms. The second kappa shape index (κ2) is 9.51. The minimum atomic E-state index is -3.75. The number of carbonyl (C=O) groups excluding carboxylic acids is 1. The van der Waals surface area contributed by atoms with Crippen LogP contribution in [0.1, 0.15) is 24.0 Å². The molecule has 1 amide bonds. The van der Waals surface area contributed by atoms with Crippen molar-refractivity contribution in [3.63, 3.8) is 0 Å². The SMILES string of the molecule is N#Cc1ccccc1S(=O)(=O)N1CCC(C(=O)NCCc2cccc3ccccc23)CC1. The first-order valence-corrected chi connectivity index (χ1v) is 12.2. The molecule has 3 aromatic rings. The summed E-state index contributed by atoms with van der Waals surface area (Å²) in [7, 11) is -3.75. The summed E-state index contributed by atoms with van der Waals surface area (Å²) in [4.78, 5) is 12.7. The summed E-state index contributed by atoms with van der Waals surface area (Å²) in [6.45, 7) is 1.08. The zero-order valence-electron chi connectivity index (χ0n) is 17.7. The Bertz CT molecular complexity index is 1270. The second-order valence-electron chi connectivity index (χ2n) is 7.97. The molecule has 1 heterocycles. The number of hydrogen-bond donors (Lipinski definition) is 1. The molecule has 0 atom stereocenters. The van der Waals surface area contributed by atoms with E-state index in [1.807, 2.05) is 24.3 Å². The Balaban J connectivity index is 1.32. The number of nitriles is 1. The molecule has 32 heavy (non-hydrogen) atoms. The summed E-state index contributed by atoms with van der Waals surface area (Å²) in [6.07, 6.45) is 1.67. The fourth-order valence-corrected chi connectivity index (χ4v) is 5.87. The number of rotatable bonds is 6. The quantitative estimate of drug-likeness (QED) is 0.626. The van der Waals surface area contributed by atoms with Gasteiger partial charge in [0, 0.05) is 25.6 Å². The number of nitrogens with one attached hydrogen (secondary N) is 1. The van der Waals surface area contributed by atoms with Crippen molar-refractivity contribution in [3.05, 3.63) is 77.9 Å². The molecule has 0 spiro atoms. The van der Waals surface area contributed by atoms with Gasteiger partial charge in [0.15, 0.2) is 0 Å². The van der Waals surface area contributed by atoms with Gasteiger partial charge in [-0.1, -0.05) is 54.6 Å². The monoisotopic (exact) mass is 447 g/mol. The molecule has 0 bridgehead atoms. The van der Waals surface area contributed by atoms with Crippen LogP contribution in [0.15, 0.2) is 71.6 Å². The first-order valence-electron chi connectivity index (χ1n) is 10.7. The zero-order chi connectivity index (χ0) is 22.6. The molecule has 6 nitrogen and oxygen atoms in total. The molecule has 0 aliphatic carbocycles. The van der Waals surface area contributed by atoms with Crippen molar-refractivity contribution < 1.29 is 13.2 Å². The third-order valence-electron chi connectivity index (χ3n) is 6.02. The van der Waals surface area contributed by atoms with Crippen LogP contribution in [-0.2, 0) is 21.2 Å². The van der Waals surface area contributed by atoms with Crippen LogP contribution in [0.2, 0.25) is 0 Å². The predicted octanol–water partition coefficient (Wildman–Crippen LogP) is 3.47. The molecular formula is C25H25N3O3S. The van der Waals surface area contributed by atoms with Gasteiger partial charge in [0.25, 0.3) is 0 Å². The number of amides is 1. The van der Waals surface area contributed by atoms with Gasteiger partial charge in [-0.15, -0.1) is 0 Å². The van der Waals surface area contributed by atoms with E-state index in [0.29, 0.717) is 19.4 Å². The minimum absolute atomic E-state index is 0.0280. The van der Waals surface area contributed by atoms with Crippen LogP contribution in [-0.4, -0.2) is 38.3 Å². The van der Waals surface area contributed by atoms with Gasteiger partial charge in [-0.2, -0.15) is 9.57 Å². The Labute approximate surface area is 188 Å². The molecule has 4 rings (SSSR count). The number of hydrogen-bond acceptors (Lipinski definition) is 4. The fourth-order valence-electron chi connectivity index (χ4n) is 4.26. The Morgan fingerprint density at radius 3 is 2.47 bits per heavy atom. The molecule has 1 N–H and O–H groups in total. The molecule has 0 saturated carbocycles. The van der Waals surface area contributed by atoms with Crippen molar-refractivity contribution >= 4 is 26.7 Å². The number of carbonyl (C=O) groups is 1. The summed E-state index contributed by atoms with van der Waals surface area (Å²) in [5.74, 6) is -0.236. The molecule has 0 radical (unpaired) electrons. The lowest BCUT2D eigenvalue weighted by Crippen LogP contribution is -2.43. The number of fused-ring (bicyclic) bond motifs is 1. The zero-order valence-corrected chi connectivity index (χ0v) is 18.5. The van der Waals surface area contributed by atoms with Gasteiger partial charge in [0.1, 0.15) is 6.07 Å². The predicted molar refractivity (Wildman–Crippen MR) is 123 cm³/mol. The lowest BCUT2D eigenvalue weighted by atomic mass is 9.97. The molecular weight excluding hydrogens is 422 g/mol. The number of sulfonamides is 1. The van der Waals surface area contributed by atoms with Crippen molar-refractivity contribution in [2.75, 3.05) is 19.6 Å². The summed E-state index contributed by atoms with van der Waals surface area (Å²) >= 11 is 0. The lowest BCUT2D eigenvalue weighted by molar-refractivity contribution is -0.126. The molecule has 0 aromatic heterocycles. The summed E-state index contributed by atoms with van der Waals surface area (Å²) < 4.78 is 27.3. The first-order chi connectivity index (χ1) is 15.5. The fraction of sp³-hybridized carbons (Fsp3) is 0.280. The smallest absolute Gasteiger partial charge is 0.244 e. The standard InChI is InChI=1S/C25H25N3O3S/c26-18-22-7-2-4-11-24(22)32(30,31)28-16-13-21(14-17-28)25(29)27-15-12-20-9-5-8-19-6-1-3-10-23(19)20/h1-11,21H,12-17H2,(H,27,29). The van der Waals surface area contributed by atoms with Crippen LogP contribution in [0.25, 0.3) is 10.8 Å². The third-order valence-corrected chi connectivity index (χ3v) is 7.98. The highest BCUT2D eigenvalue weighted by molar-refractivity contribution is 7.89. The topological polar surface area (TPSA) is 90.3 Å². The van der Waals surface area contributed by atoms with Crippen molar-refractivity contribution in [1.29, 1.82) is 5.26 Å². The van der Waals surface area contributed by atoms with E-state index < -0.39 is 10.0 Å². The van der Waals surface area contributed by atoms with Crippen LogP contribution < -0.4 is 5.32 Å². The van der Waals surface area contributed by atoms with Gasteiger partial charge in [-0.3, -0.25) is 4.79 Å². The molecule has 164 valence electrons. The van der Waals surface area contributed by atoms with Gasteiger partial charge in [0.2, 0.25) is 15.9 Å². The molecule has 3 aromatic carbocycles. The molecule has 1 fully saturated rings. The van der Waals surface area contributed by atoms with E-state index in [1.165, 1.54) is 32.8 Å². The van der Waals surface area contributed by atoms with Crippen molar-refractivity contribution in [2.45, 2.75) is 24.2 Å². The minimum Gasteiger partial charge on any atom is -0.356 e. The van der Waals surface area contributed by atoms with Crippen molar-refractivity contribution in [3.8, 4) is 6.07 Å². The maximum absolute atomic E-state index is 13.0. The number of piperidine rings is 1. The van der Waals surface area contributed by atoms with E-state index >= 15 is 0 Å². The van der Waals surface area contributed by atoms with Crippen molar-refractivity contribution in [1.82, 2.24) is 9.62 Å². The maximum Gasteiger partial charge on any atom is 0.244 e. The second-order valence-corrected chi connectivity index (χ2v) is 9.87. The Morgan fingerprint density at radius 1 is 1.00 bits per heavy atom. The highest BCUT2D eigenvalue weighted by Crippen LogP contribution is 2.26. The highest BCUT2D eigenvalue weighted by atomic mass is 32.2. The highest BCUT2D eigenvalue weighted by Gasteiger charge is 2.33. The molecule has 1 saturated heterocycles. The Morgan fingerprint density at radius 2 is 1.69 bits per heavy atom. The summed E-state index contributed by atoms with van der Waals surface area (Å²) in [5, 5.41) is 14.6. The lowest BCUT2D eigenvalue weighted by Gasteiger charge is -2.30. The number of benzene rings is 3. The average Bonchev–Trinajstić information content (AvgIpc) is 2.84. The van der Waals surface area contributed by atoms with Crippen molar-refractivity contribution in [2.24, 2.45) is 5.92 Å². The number of nitrogens with zero attached hydrogens (tertiary/aromatic N) is 2. The summed E-state index contributed by atoms with van der Waals surface area (Å²) in [6, 6.07) is 22.5. The van der Waals surface area contributed by atoms with Crippen LogP contribution in [0.4, 0.5) is 0 Å². The largest absolute Gasteiger partial charge is 0.356 e. The van der Waals surface area contributed by atoms with Gasteiger partial charge in [-0.05, 0) is 47.7 Å². The van der Waals surface area contributed by atoms with Gasteiger partial charge in [-0.25, -0.2) is 8.42 Å². The van der Waals surface area contributed by atoms with Crippen LogP contribution >= 0.6 is 0 Å². The van der Waals surface area contributed by atoms with E-state index in [0.717, 1.165) is 6.42 Å². The Kier molecular flexibility index (Phi) is 6.54. The average molecular weight is 448 g/mol. The van der Waals surface area contributed by atoms with Crippen LogP contribution in [0, 0.1) is 17.2 Å². The van der Waals surface area contributed by atoms with E-state index in [9.17, 15) is 18.5 Å². The first kappa shape index (κ1) is 22.0. The van der Waals surface area contributed by atoms with E-state index in [-0.39, 0.29) is 35.4 Å². The van der Waals surface area contributed by atoms with Gasteiger partial charge in [0.05, 0.1) is 10.5 Å². The van der Waals surface area contributed by atoms with Crippen LogP contribution in [0.5, 0.6) is 0 Å². The van der Waals surface area contributed by atoms with Gasteiger partial charge < -0.3 is 5.32 Å². The summed E-state index contributed by atoms with van der Waals surface area (Å²) in [5.41, 5.74) is 1.33. The Hall–Kier alpha value is -3.21.